The van der Waals surface area contributed by atoms with Crippen molar-refractivity contribution in [3.8, 4) is 0 Å². The minimum Gasteiger partial charge on any atom is -0.362 e. The average Bonchev–Trinajstić information content (AvgIpc) is 2.47. The minimum absolute atomic E-state index is 0.0386. The Morgan fingerprint density at radius 2 is 1.85 bits per heavy atom. The first-order chi connectivity index (χ1) is 9.72. The Morgan fingerprint density at radius 3 is 2.45 bits per heavy atom. The van der Waals surface area contributed by atoms with Crippen LogP contribution in [0.4, 0.5) is 0 Å². The molecule has 5 heteroatoms. The number of ether oxygens (including phenoxy) is 1. The first-order valence-electron chi connectivity index (χ1n) is 7.86. The summed E-state index contributed by atoms with van der Waals surface area (Å²) in [5, 5.41) is 3.54. The summed E-state index contributed by atoms with van der Waals surface area (Å²) in [5.41, 5.74) is 0. The maximum absolute atomic E-state index is 11.8. The molecule has 0 aromatic heterocycles. The normalized spacial score (nSPS) is 23.1. The molecular formula is C15H26N2O3. The Hall–Kier alpha value is -0.940. The number of nitrogens with one attached hydrogen (secondary N) is 1. The predicted molar refractivity (Wildman–Crippen MR) is 76.2 cm³/mol. The molecule has 2 rings (SSSR count). The van der Waals surface area contributed by atoms with Crippen molar-refractivity contribution in [1.82, 2.24) is 10.2 Å². The zero-order valence-corrected chi connectivity index (χ0v) is 12.4. The molecule has 0 bridgehead atoms. The molecule has 1 saturated heterocycles. The topological polar surface area (TPSA) is 58.6 Å². The predicted octanol–water partition coefficient (Wildman–Crippen LogP) is 1.32. The monoisotopic (exact) mass is 282 g/mol. The first kappa shape index (κ1) is 15.4. The van der Waals surface area contributed by atoms with Crippen molar-refractivity contribution in [3.05, 3.63) is 0 Å². The van der Waals surface area contributed by atoms with Gasteiger partial charge in [-0.3, -0.25) is 14.5 Å². The van der Waals surface area contributed by atoms with Gasteiger partial charge in [-0.25, -0.2) is 0 Å². The van der Waals surface area contributed by atoms with Crippen LogP contribution in [-0.2, 0) is 14.3 Å². The summed E-state index contributed by atoms with van der Waals surface area (Å²) in [5.74, 6) is 0.194. The van der Waals surface area contributed by atoms with E-state index in [1.165, 1.54) is 37.0 Å². The number of carbonyl (C=O) groups is 2. The average molecular weight is 282 g/mol. The van der Waals surface area contributed by atoms with Gasteiger partial charge in [-0.1, -0.05) is 26.2 Å². The summed E-state index contributed by atoms with van der Waals surface area (Å²) in [6.07, 6.45) is 7.31. The lowest BCUT2D eigenvalue weighted by Gasteiger charge is -2.35. The van der Waals surface area contributed by atoms with Gasteiger partial charge in [-0.05, 0) is 31.7 Å². The molecule has 0 aromatic carbocycles. The molecule has 114 valence electrons. The molecular weight excluding hydrogens is 256 g/mol. The zero-order valence-electron chi connectivity index (χ0n) is 12.4. The summed E-state index contributed by atoms with van der Waals surface area (Å²) >= 11 is 0. The number of carbonyl (C=O) groups excluding carboxylic acids is 2. The van der Waals surface area contributed by atoms with Crippen molar-refractivity contribution in [2.45, 2.75) is 51.5 Å². The van der Waals surface area contributed by atoms with Crippen LogP contribution in [0.1, 0.15) is 45.4 Å². The van der Waals surface area contributed by atoms with E-state index in [2.05, 4.69) is 12.2 Å². The summed E-state index contributed by atoms with van der Waals surface area (Å²) in [4.78, 5) is 25.1. The molecule has 5 nitrogen and oxygen atoms in total. The largest absolute Gasteiger partial charge is 0.362 e. The van der Waals surface area contributed by atoms with Crippen LogP contribution in [0.15, 0.2) is 0 Å². The molecule has 0 spiro atoms. The van der Waals surface area contributed by atoms with Crippen LogP contribution >= 0.6 is 0 Å². The van der Waals surface area contributed by atoms with Gasteiger partial charge in [-0.2, -0.15) is 0 Å². The SMILES string of the molecule is CCCNC(CN1C(=O)COCC1=O)C1CCCCC1. The third-order valence-corrected chi connectivity index (χ3v) is 4.31. The highest BCUT2D eigenvalue weighted by molar-refractivity contribution is 5.98. The molecule has 0 radical (unpaired) electrons. The van der Waals surface area contributed by atoms with Crippen molar-refractivity contribution in [2.24, 2.45) is 5.92 Å². The van der Waals surface area contributed by atoms with Gasteiger partial charge in [0.2, 0.25) is 0 Å². The Morgan fingerprint density at radius 1 is 1.20 bits per heavy atom. The second-order valence-electron chi connectivity index (χ2n) is 5.85. The number of hydrogen-bond acceptors (Lipinski definition) is 4. The lowest BCUT2D eigenvalue weighted by molar-refractivity contribution is -0.159. The molecule has 1 heterocycles. The van der Waals surface area contributed by atoms with Gasteiger partial charge in [0.15, 0.2) is 0 Å². The third-order valence-electron chi connectivity index (χ3n) is 4.31. The summed E-state index contributed by atoms with van der Waals surface area (Å²) in [6.45, 7) is 3.66. The highest BCUT2D eigenvalue weighted by Crippen LogP contribution is 2.27. The highest BCUT2D eigenvalue weighted by atomic mass is 16.5. The van der Waals surface area contributed by atoms with Crippen LogP contribution in [0.3, 0.4) is 0 Å². The molecule has 2 fully saturated rings. The molecule has 1 aliphatic heterocycles. The van der Waals surface area contributed by atoms with Crippen molar-refractivity contribution in [2.75, 3.05) is 26.3 Å². The number of nitrogens with zero attached hydrogens (tertiary/aromatic N) is 1. The van der Waals surface area contributed by atoms with E-state index in [9.17, 15) is 9.59 Å². The lowest BCUT2D eigenvalue weighted by atomic mass is 9.83. The zero-order chi connectivity index (χ0) is 14.4. The second kappa shape index (κ2) is 7.74. The molecule has 2 aliphatic rings. The summed E-state index contributed by atoms with van der Waals surface area (Å²) < 4.78 is 4.97. The van der Waals surface area contributed by atoms with Gasteiger partial charge in [-0.15, -0.1) is 0 Å². The molecule has 2 amide bonds. The van der Waals surface area contributed by atoms with E-state index in [0.717, 1.165) is 13.0 Å². The van der Waals surface area contributed by atoms with E-state index < -0.39 is 0 Å². The van der Waals surface area contributed by atoms with Crippen LogP contribution in [0.5, 0.6) is 0 Å². The van der Waals surface area contributed by atoms with E-state index in [4.69, 9.17) is 4.74 Å². The molecule has 1 aliphatic carbocycles. The van der Waals surface area contributed by atoms with Crippen molar-refractivity contribution in [3.63, 3.8) is 0 Å². The lowest BCUT2D eigenvalue weighted by Crippen LogP contribution is -2.54. The van der Waals surface area contributed by atoms with Gasteiger partial charge in [0.05, 0.1) is 0 Å². The van der Waals surface area contributed by atoms with Gasteiger partial charge in [0, 0.05) is 12.6 Å². The van der Waals surface area contributed by atoms with Crippen LogP contribution in [0.2, 0.25) is 0 Å². The minimum atomic E-state index is -0.194. The molecule has 0 aromatic rings. The van der Waals surface area contributed by atoms with E-state index in [1.807, 2.05) is 0 Å². The first-order valence-corrected chi connectivity index (χ1v) is 7.86. The molecule has 1 saturated carbocycles. The van der Waals surface area contributed by atoms with Crippen LogP contribution < -0.4 is 5.32 Å². The maximum Gasteiger partial charge on any atom is 0.255 e. The van der Waals surface area contributed by atoms with Crippen molar-refractivity contribution in [1.29, 1.82) is 0 Å². The van der Waals surface area contributed by atoms with E-state index >= 15 is 0 Å². The fraction of sp³-hybridized carbons (Fsp3) is 0.867. The Bertz CT molecular complexity index is 324. The quantitative estimate of drug-likeness (QED) is 0.747. The fourth-order valence-corrected chi connectivity index (χ4v) is 3.17. The number of morpholine rings is 1. The Kier molecular flexibility index (Phi) is 5.98. The molecule has 20 heavy (non-hydrogen) atoms. The Balaban J connectivity index is 1.97. The maximum atomic E-state index is 11.8. The van der Waals surface area contributed by atoms with Crippen molar-refractivity contribution >= 4 is 11.8 Å². The summed E-state index contributed by atoms with van der Waals surface area (Å²) in [7, 11) is 0. The molecule has 1 atom stereocenters. The third kappa shape index (κ3) is 4.03. The Labute approximate surface area is 121 Å². The van der Waals surface area contributed by atoms with Gasteiger partial charge >= 0.3 is 0 Å². The van der Waals surface area contributed by atoms with Gasteiger partial charge < -0.3 is 10.1 Å². The number of imide groups is 1. The van der Waals surface area contributed by atoms with Crippen LogP contribution in [0, 0.1) is 5.92 Å². The number of rotatable bonds is 6. The van der Waals surface area contributed by atoms with E-state index in [0.29, 0.717) is 12.5 Å². The second-order valence-corrected chi connectivity index (χ2v) is 5.85. The number of amides is 2. The van der Waals surface area contributed by atoms with Crippen molar-refractivity contribution < 1.29 is 14.3 Å². The summed E-state index contributed by atoms with van der Waals surface area (Å²) in [6, 6.07) is 0.237. The molecule has 1 unspecified atom stereocenters. The van der Waals surface area contributed by atoms with Gasteiger partial charge in [0.1, 0.15) is 13.2 Å². The highest BCUT2D eigenvalue weighted by Gasteiger charge is 2.32. The van der Waals surface area contributed by atoms with Crippen LogP contribution in [-0.4, -0.2) is 49.1 Å². The van der Waals surface area contributed by atoms with E-state index in [-0.39, 0.29) is 31.1 Å². The van der Waals surface area contributed by atoms with Gasteiger partial charge in [0.25, 0.3) is 11.8 Å². The standard InChI is InChI=1S/C15H26N2O3/c1-2-8-16-13(12-6-4-3-5-7-12)9-17-14(18)10-20-11-15(17)19/h12-13,16H,2-11H2,1H3. The van der Waals surface area contributed by atoms with Crippen LogP contribution in [0.25, 0.3) is 0 Å². The fourth-order valence-electron chi connectivity index (χ4n) is 3.17. The smallest absolute Gasteiger partial charge is 0.255 e. The number of hydrogen-bond donors (Lipinski definition) is 1. The van der Waals surface area contributed by atoms with E-state index in [1.54, 1.807) is 0 Å². The molecule has 1 N–H and O–H groups in total.